The number of carbonyl (C=O) groups excluding carboxylic acids is 1. The van der Waals surface area contributed by atoms with Gasteiger partial charge in [0.2, 0.25) is 5.91 Å². The zero-order valence-electron chi connectivity index (χ0n) is 10.8. The lowest BCUT2D eigenvalue weighted by Gasteiger charge is -2.11. The predicted octanol–water partition coefficient (Wildman–Crippen LogP) is 1.70. The van der Waals surface area contributed by atoms with Crippen LogP contribution < -0.4 is 5.43 Å². The van der Waals surface area contributed by atoms with Gasteiger partial charge >= 0.3 is 0 Å². The Bertz CT molecular complexity index is 851. The molecule has 0 spiro atoms. The van der Waals surface area contributed by atoms with Crippen LogP contribution in [0.5, 0.6) is 0 Å². The van der Waals surface area contributed by atoms with E-state index in [1.165, 1.54) is 11.5 Å². The Labute approximate surface area is 123 Å². The molecule has 0 atom stereocenters. The number of rotatable bonds is 2. The van der Waals surface area contributed by atoms with Crippen LogP contribution in [-0.4, -0.2) is 31.2 Å². The molecule has 4 rings (SSSR count). The van der Waals surface area contributed by atoms with Crippen molar-refractivity contribution in [1.82, 2.24) is 25.0 Å². The van der Waals surface area contributed by atoms with Gasteiger partial charge in [-0.3, -0.25) is 4.79 Å². The van der Waals surface area contributed by atoms with Crippen LogP contribution in [0.25, 0.3) is 21.7 Å². The minimum Gasteiger partial charge on any atom is -0.337 e. The Morgan fingerprint density at radius 2 is 2.19 bits per heavy atom. The van der Waals surface area contributed by atoms with Crippen molar-refractivity contribution in [2.75, 3.05) is 0 Å². The van der Waals surface area contributed by atoms with Gasteiger partial charge in [0.15, 0.2) is 5.82 Å². The molecule has 1 aliphatic rings. The maximum absolute atomic E-state index is 11.1. The minimum atomic E-state index is -0.0421. The van der Waals surface area contributed by atoms with Crippen LogP contribution in [-0.2, 0) is 4.79 Å². The summed E-state index contributed by atoms with van der Waals surface area (Å²) in [5.74, 6) is 0.718. The first kappa shape index (κ1) is 12.2. The molecule has 2 aromatic heterocycles. The van der Waals surface area contributed by atoms with Crippen molar-refractivity contribution in [2.45, 2.75) is 12.8 Å². The first-order valence-corrected chi connectivity index (χ1v) is 7.20. The number of nitrogens with zero attached hydrogens (tertiary/aromatic N) is 4. The average Bonchev–Trinajstić information content (AvgIpc) is 3.16. The van der Waals surface area contributed by atoms with E-state index >= 15 is 0 Å². The molecular formula is C13H10N6OS. The summed E-state index contributed by atoms with van der Waals surface area (Å²) in [7, 11) is 0. The molecular weight excluding hydrogens is 288 g/mol. The van der Waals surface area contributed by atoms with E-state index in [4.69, 9.17) is 0 Å². The summed E-state index contributed by atoms with van der Waals surface area (Å²) in [6, 6.07) is 5.92. The normalized spacial score (nSPS) is 15.0. The van der Waals surface area contributed by atoms with Crippen molar-refractivity contribution in [3.63, 3.8) is 0 Å². The quantitative estimate of drug-likeness (QED) is 0.752. The fourth-order valence-electron chi connectivity index (χ4n) is 2.26. The number of nitrogens with one attached hydrogen (secondary N) is 2. The molecule has 2 N–H and O–H groups in total. The molecule has 0 unspecified atom stereocenters. The van der Waals surface area contributed by atoms with Gasteiger partial charge in [-0.05, 0) is 23.7 Å². The summed E-state index contributed by atoms with van der Waals surface area (Å²) in [6.07, 6.45) is 2.80. The fraction of sp³-hybridized carbons (Fsp3) is 0.154. The molecule has 3 aromatic rings. The molecule has 21 heavy (non-hydrogen) atoms. The average molecular weight is 298 g/mol. The maximum Gasteiger partial charge on any atom is 0.240 e. The number of hydrogen-bond acceptors (Lipinski definition) is 6. The predicted molar refractivity (Wildman–Crippen MR) is 78.9 cm³/mol. The Morgan fingerprint density at radius 1 is 1.24 bits per heavy atom. The standard InChI is InChI=1S/C13H10N6OS/c20-12-4-3-8(17-18-12)7-1-2-9-10(5-7)16-13(15-9)11-6-14-19-21-11/h1-2,5-6H,3-4H2,(H,15,16)(H,18,20). The van der Waals surface area contributed by atoms with Gasteiger partial charge in [0.25, 0.3) is 0 Å². The Kier molecular flexibility index (Phi) is 2.74. The number of H-pyrrole nitrogens is 1. The molecule has 0 radical (unpaired) electrons. The second-order valence-corrected chi connectivity index (χ2v) is 5.48. The van der Waals surface area contributed by atoms with Crippen molar-refractivity contribution in [3.05, 3.63) is 30.0 Å². The molecule has 0 saturated carbocycles. The van der Waals surface area contributed by atoms with Gasteiger partial charge in [0.05, 0.1) is 22.9 Å². The smallest absolute Gasteiger partial charge is 0.240 e. The van der Waals surface area contributed by atoms with Gasteiger partial charge in [-0.2, -0.15) is 5.10 Å². The molecule has 0 fully saturated rings. The highest BCUT2D eigenvalue weighted by Crippen LogP contribution is 2.23. The van der Waals surface area contributed by atoms with Gasteiger partial charge < -0.3 is 4.98 Å². The molecule has 7 nitrogen and oxygen atoms in total. The zero-order chi connectivity index (χ0) is 14.2. The van der Waals surface area contributed by atoms with Crippen LogP contribution in [0.2, 0.25) is 0 Å². The molecule has 0 aliphatic carbocycles. The second-order valence-electron chi connectivity index (χ2n) is 4.69. The van der Waals surface area contributed by atoms with E-state index < -0.39 is 0 Å². The lowest BCUT2D eigenvalue weighted by Crippen LogP contribution is -2.25. The largest absolute Gasteiger partial charge is 0.337 e. The van der Waals surface area contributed by atoms with Crippen LogP contribution in [0.3, 0.4) is 0 Å². The van der Waals surface area contributed by atoms with E-state index in [0.29, 0.717) is 12.8 Å². The van der Waals surface area contributed by atoms with Gasteiger partial charge in [0, 0.05) is 18.4 Å². The molecule has 0 bridgehead atoms. The summed E-state index contributed by atoms with van der Waals surface area (Å²) < 4.78 is 3.84. The number of aromatic amines is 1. The molecule has 3 heterocycles. The number of benzene rings is 1. The number of amides is 1. The van der Waals surface area contributed by atoms with E-state index in [0.717, 1.165) is 33.0 Å². The third kappa shape index (κ3) is 2.19. The number of hydrogen-bond donors (Lipinski definition) is 2. The van der Waals surface area contributed by atoms with E-state index in [2.05, 4.69) is 30.1 Å². The fourth-order valence-corrected chi connectivity index (χ4v) is 2.72. The molecule has 104 valence electrons. The van der Waals surface area contributed by atoms with Crippen molar-refractivity contribution in [2.24, 2.45) is 5.10 Å². The van der Waals surface area contributed by atoms with Crippen molar-refractivity contribution in [1.29, 1.82) is 0 Å². The van der Waals surface area contributed by atoms with E-state index in [1.54, 1.807) is 6.20 Å². The Balaban J connectivity index is 1.75. The molecule has 8 heteroatoms. The lowest BCUT2D eigenvalue weighted by atomic mass is 10.0. The molecule has 1 aromatic carbocycles. The SMILES string of the molecule is O=C1CCC(c2ccc3[nH]c(-c4cnns4)nc3c2)=NN1. The first-order chi connectivity index (χ1) is 10.3. The molecule has 0 saturated heterocycles. The monoisotopic (exact) mass is 298 g/mol. The van der Waals surface area contributed by atoms with Gasteiger partial charge in [-0.15, -0.1) is 5.10 Å². The van der Waals surface area contributed by atoms with Crippen molar-refractivity contribution < 1.29 is 4.79 Å². The Hall–Kier alpha value is -2.61. The summed E-state index contributed by atoms with van der Waals surface area (Å²) in [5, 5.41) is 7.92. The van der Waals surface area contributed by atoms with Crippen molar-refractivity contribution in [3.8, 4) is 10.7 Å². The summed E-state index contributed by atoms with van der Waals surface area (Å²) in [5.41, 5.74) is 6.17. The van der Waals surface area contributed by atoms with Crippen LogP contribution in [0.4, 0.5) is 0 Å². The first-order valence-electron chi connectivity index (χ1n) is 6.43. The third-order valence-corrected chi connectivity index (χ3v) is 3.99. The highest BCUT2D eigenvalue weighted by Gasteiger charge is 2.15. The van der Waals surface area contributed by atoms with E-state index in [-0.39, 0.29) is 5.91 Å². The van der Waals surface area contributed by atoms with Crippen LogP contribution in [0.15, 0.2) is 29.5 Å². The van der Waals surface area contributed by atoms with Crippen LogP contribution in [0, 0.1) is 0 Å². The van der Waals surface area contributed by atoms with Crippen LogP contribution >= 0.6 is 11.5 Å². The summed E-state index contributed by atoms with van der Waals surface area (Å²) in [6.45, 7) is 0. The van der Waals surface area contributed by atoms with E-state index in [9.17, 15) is 4.79 Å². The topological polar surface area (TPSA) is 95.9 Å². The maximum atomic E-state index is 11.1. The zero-order valence-corrected chi connectivity index (χ0v) is 11.6. The highest BCUT2D eigenvalue weighted by molar-refractivity contribution is 7.09. The summed E-state index contributed by atoms with van der Waals surface area (Å²) >= 11 is 1.30. The van der Waals surface area contributed by atoms with Gasteiger partial charge in [-0.25, -0.2) is 10.4 Å². The van der Waals surface area contributed by atoms with Gasteiger partial charge in [-0.1, -0.05) is 10.6 Å². The minimum absolute atomic E-state index is 0.0421. The number of hydrazone groups is 1. The molecule has 1 amide bonds. The number of imidazole rings is 1. The number of carbonyl (C=O) groups is 1. The lowest BCUT2D eigenvalue weighted by molar-refractivity contribution is -0.121. The van der Waals surface area contributed by atoms with Crippen LogP contribution in [0.1, 0.15) is 18.4 Å². The summed E-state index contributed by atoms with van der Waals surface area (Å²) in [4.78, 5) is 19.8. The third-order valence-electron chi connectivity index (χ3n) is 3.32. The number of aromatic nitrogens is 4. The highest BCUT2D eigenvalue weighted by atomic mass is 32.1. The van der Waals surface area contributed by atoms with E-state index in [1.807, 2.05) is 18.2 Å². The number of fused-ring (bicyclic) bond motifs is 1. The van der Waals surface area contributed by atoms with Crippen molar-refractivity contribution >= 4 is 34.2 Å². The van der Waals surface area contributed by atoms with Gasteiger partial charge in [0.1, 0.15) is 4.88 Å². The second kappa shape index (κ2) is 4.74. The Morgan fingerprint density at radius 3 is 2.95 bits per heavy atom. The molecule has 1 aliphatic heterocycles.